The molecule has 3 unspecified atom stereocenters. The van der Waals surface area contributed by atoms with Crippen LogP contribution in [0.5, 0.6) is 5.75 Å². The van der Waals surface area contributed by atoms with Gasteiger partial charge in [-0.1, -0.05) is 18.2 Å². The van der Waals surface area contributed by atoms with Crippen LogP contribution in [0, 0.1) is 0 Å². The number of carbonyl (C=O) groups is 3. The molecule has 0 bridgehead atoms. The van der Waals surface area contributed by atoms with Crippen molar-refractivity contribution in [2.75, 3.05) is 26.4 Å². The maximum absolute atomic E-state index is 13.9. The molecule has 0 aromatic heterocycles. The van der Waals surface area contributed by atoms with Crippen molar-refractivity contribution in [2.45, 2.75) is 121 Å². The van der Waals surface area contributed by atoms with Gasteiger partial charge in [0, 0.05) is 6.54 Å². The summed E-state index contributed by atoms with van der Waals surface area (Å²) in [4.78, 5) is 39.0. The van der Waals surface area contributed by atoms with E-state index in [2.05, 4.69) is 11.4 Å². The highest BCUT2D eigenvalue weighted by molar-refractivity contribution is 5.81. The summed E-state index contributed by atoms with van der Waals surface area (Å²) in [6.45, 7) is 11.6. The topological polar surface area (TPSA) is 113 Å². The lowest BCUT2D eigenvalue weighted by molar-refractivity contribution is -0.165. The average Bonchev–Trinajstić information content (AvgIpc) is 3.26. The van der Waals surface area contributed by atoms with E-state index < -0.39 is 41.1 Å². The number of benzene rings is 1. The maximum atomic E-state index is 13.9. The van der Waals surface area contributed by atoms with E-state index >= 15 is 0 Å². The summed E-state index contributed by atoms with van der Waals surface area (Å²) in [5, 5.41) is 2.79. The van der Waals surface area contributed by atoms with E-state index in [1.54, 1.807) is 25.7 Å². The second kappa shape index (κ2) is 13.4. The van der Waals surface area contributed by atoms with Gasteiger partial charge >= 0.3 is 12.1 Å². The number of hydrogen-bond donors (Lipinski definition) is 1. The molecular formula is C32H47FN2O8. The van der Waals surface area contributed by atoms with Crippen LogP contribution in [0.3, 0.4) is 0 Å². The van der Waals surface area contributed by atoms with Crippen molar-refractivity contribution < 1.29 is 42.5 Å². The van der Waals surface area contributed by atoms with Crippen molar-refractivity contribution in [3.05, 3.63) is 29.8 Å². The van der Waals surface area contributed by atoms with Crippen LogP contribution in [0.2, 0.25) is 0 Å². The molecule has 1 aromatic carbocycles. The lowest BCUT2D eigenvalue weighted by Gasteiger charge is -2.42. The molecule has 11 heteroatoms. The number of para-hydroxylation sites is 1. The van der Waals surface area contributed by atoms with Gasteiger partial charge in [0.25, 0.3) is 12.3 Å². The zero-order valence-electron chi connectivity index (χ0n) is 26.3. The summed E-state index contributed by atoms with van der Waals surface area (Å²) in [5.74, 6) is -0.0766. The fourth-order valence-electron chi connectivity index (χ4n) is 6.03. The van der Waals surface area contributed by atoms with Gasteiger partial charge in [0.05, 0.1) is 43.9 Å². The van der Waals surface area contributed by atoms with E-state index in [0.717, 1.165) is 37.0 Å². The quantitative estimate of drug-likeness (QED) is 0.410. The largest absolute Gasteiger partial charge is 0.493 e. The summed E-state index contributed by atoms with van der Waals surface area (Å²) in [6, 6.07) is 7.36. The van der Waals surface area contributed by atoms with Crippen molar-refractivity contribution in [3.8, 4) is 5.75 Å². The first-order valence-corrected chi connectivity index (χ1v) is 15.3. The third-order valence-corrected chi connectivity index (χ3v) is 8.01. The minimum atomic E-state index is -2.03. The Hall–Kier alpha value is -2.92. The van der Waals surface area contributed by atoms with Crippen molar-refractivity contribution in [1.82, 2.24) is 10.2 Å². The Kier molecular flexibility index (Phi) is 10.3. The van der Waals surface area contributed by atoms with Crippen molar-refractivity contribution >= 4 is 18.0 Å². The van der Waals surface area contributed by atoms with Crippen LogP contribution in [0.1, 0.15) is 91.5 Å². The van der Waals surface area contributed by atoms with Crippen molar-refractivity contribution in [1.29, 1.82) is 0 Å². The second-order valence-corrected chi connectivity index (χ2v) is 13.7. The molecule has 2 saturated heterocycles. The Balaban J connectivity index is 1.34. The molecule has 2 aliphatic heterocycles. The second-order valence-electron chi connectivity index (χ2n) is 13.7. The standard InChI is InChI=1S/C32H47FN2O8/c1-30(2,3)42-26(36)15-18-39-24-10-8-7-9-23(24)21-11-13-22(14-12-21)40-19-25-32(20-41-27(33)28(37)34-32)16-17-35(25)29(38)43-31(4,5)6/h7-10,21-22,25,27H,11-20H2,1-6H3,(H,34,37)/t21-,22+,25?,27?,32?. The van der Waals surface area contributed by atoms with Crippen LogP contribution in [0.4, 0.5) is 9.18 Å². The third-order valence-electron chi connectivity index (χ3n) is 8.01. The first-order chi connectivity index (χ1) is 20.2. The van der Waals surface area contributed by atoms with Gasteiger partial charge in [-0.25, -0.2) is 9.18 Å². The molecule has 1 N–H and O–H groups in total. The van der Waals surface area contributed by atoms with Gasteiger partial charge in [0.2, 0.25) is 0 Å². The molecule has 1 aliphatic carbocycles. The summed E-state index contributed by atoms with van der Waals surface area (Å²) in [5.41, 5.74) is -1.05. The highest BCUT2D eigenvalue weighted by Gasteiger charge is 2.54. The maximum Gasteiger partial charge on any atom is 0.410 e. The first-order valence-electron chi connectivity index (χ1n) is 15.3. The van der Waals surface area contributed by atoms with Gasteiger partial charge in [-0.05, 0) is 91.2 Å². The molecule has 3 aliphatic rings. The highest BCUT2D eigenvalue weighted by atomic mass is 19.1. The number of hydrogen-bond acceptors (Lipinski definition) is 8. The van der Waals surface area contributed by atoms with Crippen molar-refractivity contribution in [3.63, 3.8) is 0 Å². The summed E-state index contributed by atoms with van der Waals surface area (Å²) in [6.07, 6.45) is 1.39. The highest BCUT2D eigenvalue weighted by Crippen LogP contribution is 2.39. The number of nitrogens with zero attached hydrogens (tertiary/aromatic N) is 1. The normalized spacial score (nSPS) is 28.0. The SMILES string of the molecule is CC(C)(C)OC(=O)CCOc1ccccc1[C@H]1CC[C@@H](OCC2N(C(=O)OC(C)(C)C)CCC23COC(F)C(=O)N3)CC1. The number of likely N-dealkylation sites (tertiary alicyclic amines) is 1. The molecular weight excluding hydrogens is 559 g/mol. The van der Waals surface area contributed by atoms with E-state index in [0.29, 0.717) is 13.0 Å². The number of rotatable bonds is 8. The molecule has 1 spiro atoms. The molecule has 240 valence electrons. The van der Waals surface area contributed by atoms with Gasteiger partial charge in [-0.3, -0.25) is 9.59 Å². The Labute approximate surface area is 253 Å². The fourth-order valence-corrected chi connectivity index (χ4v) is 6.03. The molecule has 2 amide bonds. The Morgan fingerprint density at radius 1 is 1.05 bits per heavy atom. The summed E-state index contributed by atoms with van der Waals surface area (Å²) >= 11 is 0. The molecule has 0 radical (unpaired) electrons. The Morgan fingerprint density at radius 3 is 2.37 bits per heavy atom. The minimum Gasteiger partial charge on any atom is -0.493 e. The Morgan fingerprint density at radius 2 is 1.72 bits per heavy atom. The molecule has 3 atom stereocenters. The lowest BCUT2D eigenvalue weighted by atomic mass is 9.82. The van der Waals surface area contributed by atoms with E-state index in [1.807, 2.05) is 39.0 Å². The predicted molar refractivity (Wildman–Crippen MR) is 156 cm³/mol. The van der Waals surface area contributed by atoms with Crippen LogP contribution >= 0.6 is 0 Å². The fraction of sp³-hybridized carbons (Fsp3) is 0.719. The van der Waals surface area contributed by atoms with E-state index in [9.17, 15) is 18.8 Å². The first kappa shape index (κ1) is 33.0. The number of halogens is 1. The number of alkyl halides is 1. The number of ether oxygens (including phenoxy) is 5. The number of amides is 2. The number of carbonyl (C=O) groups excluding carboxylic acids is 3. The van der Waals surface area contributed by atoms with E-state index in [4.69, 9.17) is 23.7 Å². The van der Waals surface area contributed by atoms with Crippen LogP contribution in [-0.4, -0.2) is 84.5 Å². The predicted octanol–water partition coefficient (Wildman–Crippen LogP) is 5.03. The van der Waals surface area contributed by atoms with E-state index in [-0.39, 0.29) is 44.2 Å². The molecule has 1 saturated carbocycles. The minimum absolute atomic E-state index is 0.0382. The van der Waals surface area contributed by atoms with Crippen molar-refractivity contribution in [2.24, 2.45) is 0 Å². The van der Waals surface area contributed by atoms with Gasteiger partial charge in [-0.15, -0.1) is 0 Å². The van der Waals surface area contributed by atoms with Gasteiger partial charge < -0.3 is 33.9 Å². The van der Waals surface area contributed by atoms with E-state index in [1.165, 1.54) is 0 Å². The summed E-state index contributed by atoms with van der Waals surface area (Å²) < 4.78 is 42.4. The average molecular weight is 607 g/mol. The lowest BCUT2D eigenvalue weighted by Crippen LogP contribution is -2.66. The van der Waals surface area contributed by atoms with Gasteiger partial charge in [-0.2, -0.15) is 0 Å². The number of esters is 1. The zero-order chi connectivity index (χ0) is 31.4. The van der Waals surface area contributed by atoms with Crippen LogP contribution in [0.25, 0.3) is 0 Å². The van der Waals surface area contributed by atoms with Crippen LogP contribution in [-0.2, 0) is 28.5 Å². The smallest absolute Gasteiger partial charge is 0.410 e. The number of nitrogens with one attached hydrogen (secondary N) is 1. The molecule has 3 fully saturated rings. The monoisotopic (exact) mass is 606 g/mol. The van der Waals surface area contributed by atoms with Crippen LogP contribution in [0.15, 0.2) is 24.3 Å². The molecule has 1 aromatic rings. The zero-order valence-corrected chi connectivity index (χ0v) is 26.3. The molecule has 2 heterocycles. The molecule has 43 heavy (non-hydrogen) atoms. The van der Waals surface area contributed by atoms with Crippen LogP contribution < -0.4 is 10.1 Å². The van der Waals surface area contributed by atoms with Gasteiger partial charge in [0.1, 0.15) is 17.0 Å². The number of morpholine rings is 1. The molecule has 4 rings (SSSR count). The Bertz CT molecular complexity index is 1140. The third kappa shape index (κ3) is 8.81. The molecule has 10 nitrogen and oxygen atoms in total. The van der Waals surface area contributed by atoms with Gasteiger partial charge in [0.15, 0.2) is 0 Å². The summed E-state index contributed by atoms with van der Waals surface area (Å²) in [7, 11) is 0.